The molecule has 6 nitrogen and oxygen atoms in total. The highest BCUT2D eigenvalue weighted by Gasteiger charge is 2.28. The van der Waals surface area contributed by atoms with Gasteiger partial charge in [0.2, 0.25) is 0 Å². The molecule has 0 radical (unpaired) electrons. The first-order chi connectivity index (χ1) is 7.82. The van der Waals surface area contributed by atoms with Crippen LogP contribution in [-0.2, 0) is 11.2 Å². The minimum absolute atomic E-state index is 0.0650. The van der Waals surface area contributed by atoms with Gasteiger partial charge in [-0.1, -0.05) is 0 Å². The molecule has 1 rings (SSSR count). The summed E-state index contributed by atoms with van der Waals surface area (Å²) in [5.74, 6) is -1.40. The highest BCUT2D eigenvalue weighted by atomic mass is 79.9. The van der Waals surface area contributed by atoms with Crippen molar-refractivity contribution >= 4 is 27.6 Å². The maximum Gasteiger partial charge on any atom is 0.309 e. The van der Waals surface area contributed by atoms with Crippen molar-refractivity contribution in [3.8, 4) is 0 Å². The van der Waals surface area contributed by atoms with Crippen molar-refractivity contribution in [3.05, 3.63) is 32.0 Å². The SMILES string of the molecule is O=C(O)Cc1nc(Br)cc([N+](=O)[O-])c1C(F)F. The number of alkyl halides is 2. The summed E-state index contributed by atoms with van der Waals surface area (Å²) in [6.45, 7) is 0. The summed E-state index contributed by atoms with van der Waals surface area (Å²) in [6.07, 6.45) is -3.97. The van der Waals surface area contributed by atoms with Crippen molar-refractivity contribution in [2.45, 2.75) is 12.8 Å². The van der Waals surface area contributed by atoms with Crippen LogP contribution in [-0.4, -0.2) is 21.0 Å². The Morgan fingerprint density at radius 3 is 2.65 bits per heavy atom. The van der Waals surface area contributed by atoms with Gasteiger partial charge in [0.15, 0.2) is 0 Å². The number of hydrogen-bond acceptors (Lipinski definition) is 4. The standard InChI is InChI=1S/C8H5BrF2N2O4/c9-5-2-4(13(16)17)7(8(10)11)3(12-5)1-6(14)15/h2,8H,1H2,(H,14,15). The van der Waals surface area contributed by atoms with E-state index in [0.29, 0.717) is 0 Å². The molecule has 0 saturated heterocycles. The summed E-state index contributed by atoms with van der Waals surface area (Å²) in [4.78, 5) is 23.6. The molecule has 92 valence electrons. The molecule has 1 aromatic rings. The predicted molar refractivity (Wildman–Crippen MR) is 54.9 cm³/mol. The smallest absolute Gasteiger partial charge is 0.309 e. The van der Waals surface area contributed by atoms with E-state index in [9.17, 15) is 23.7 Å². The lowest BCUT2D eigenvalue weighted by Gasteiger charge is -2.07. The van der Waals surface area contributed by atoms with Crippen molar-refractivity contribution in [2.24, 2.45) is 0 Å². The normalized spacial score (nSPS) is 10.6. The van der Waals surface area contributed by atoms with Gasteiger partial charge in [-0.15, -0.1) is 0 Å². The van der Waals surface area contributed by atoms with E-state index in [1.807, 2.05) is 0 Å². The number of nitrogens with zero attached hydrogens (tertiary/aromatic N) is 2. The van der Waals surface area contributed by atoms with Gasteiger partial charge < -0.3 is 5.11 Å². The highest BCUT2D eigenvalue weighted by molar-refractivity contribution is 9.10. The first-order valence-electron chi connectivity index (χ1n) is 4.16. The Labute approximate surface area is 102 Å². The van der Waals surface area contributed by atoms with E-state index >= 15 is 0 Å². The fourth-order valence-electron chi connectivity index (χ4n) is 1.23. The summed E-state index contributed by atoms with van der Waals surface area (Å²) in [7, 11) is 0. The Balaban J connectivity index is 3.45. The lowest BCUT2D eigenvalue weighted by Crippen LogP contribution is -2.09. The van der Waals surface area contributed by atoms with Crippen LogP contribution >= 0.6 is 15.9 Å². The van der Waals surface area contributed by atoms with Crippen molar-refractivity contribution in [2.75, 3.05) is 0 Å². The fourth-order valence-corrected chi connectivity index (χ4v) is 1.66. The number of rotatable bonds is 4. The molecule has 17 heavy (non-hydrogen) atoms. The number of carboxylic acid groups (broad SMARTS) is 1. The third-order valence-corrected chi connectivity index (χ3v) is 2.22. The zero-order chi connectivity index (χ0) is 13.2. The van der Waals surface area contributed by atoms with E-state index in [1.54, 1.807) is 0 Å². The molecule has 0 aliphatic heterocycles. The van der Waals surface area contributed by atoms with Gasteiger partial charge in [-0.05, 0) is 15.9 Å². The molecule has 9 heteroatoms. The first kappa shape index (κ1) is 13.4. The lowest BCUT2D eigenvalue weighted by atomic mass is 10.1. The molecular weight excluding hydrogens is 306 g/mol. The van der Waals surface area contributed by atoms with Gasteiger partial charge >= 0.3 is 5.97 Å². The van der Waals surface area contributed by atoms with E-state index in [4.69, 9.17) is 5.11 Å². The maximum atomic E-state index is 12.7. The number of carboxylic acids is 1. The summed E-state index contributed by atoms with van der Waals surface area (Å²) in [5.41, 5.74) is -2.33. The Hall–Kier alpha value is -1.64. The molecule has 0 amide bonds. The number of aliphatic carboxylic acids is 1. The van der Waals surface area contributed by atoms with Crippen LogP contribution in [0.25, 0.3) is 0 Å². The number of halogens is 3. The molecule has 0 saturated carbocycles. The number of carbonyl (C=O) groups is 1. The van der Waals surface area contributed by atoms with Crippen LogP contribution in [0.15, 0.2) is 10.7 Å². The third kappa shape index (κ3) is 3.16. The van der Waals surface area contributed by atoms with Gasteiger partial charge in [0.05, 0.1) is 17.0 Å². The lowest BCUT2D eigenvalue weighted by molar-refractivity contribution is -0.386. The van der Waals surface area contributed by atoms with Crippen molar-refractivity contribution in [1.29, 1.82) is 0 Å². The predicted octanol–water partition coefficient (Wildman–Crippen LogP) is 2.32. The maximum absolute atomic E-state index is 12.7. The molecule has 0 fully saturated rings. The molecule has 0 atom stereocenters. The second-order valence-electron chi connectivity index (χ2n) is 2.95. The molecule has 0 spiro atoms. The molecule has 0 aliphatic carbocycles. The average Bonchev–Trinajstić information content (AvgIpc) is 2.14. The quantitative estimate of drug-likeness (QED) is 0.523. The van der Waals surface area contributed by atoms with Crippen LogP contribution in [0.3, 0.4) is 0 Å². The second-order valence-corrected chi connectivity index (χ2v) is 3.77. The molecular formula is C8H5BrF2N2O4. The summed E-state index contributed by atoms with van der Waals surface area (Å²) in [5, 5.41) is 19.1. The summed E-state index contributed by atoms with van der Waals surface area (Å²) < 4.78 is 25.3. The van der Waals surface area contributed by atoms with Gasteiger partial charge in [0.25, 0.3) is 12.1 Å². The number of aromatic nitrogens is 1. The minimum atomic E-state index is -3.16. The Morgan fingerprint density at radius 1 is 1.65 bits per heavy atom. The van der Waals surface area contributed by atoms with Crippen LogP contribution in [0.4, 0.5) is 14.5 Å². The largest absolute Gasteiger partial charge is 0.481 e. The van der Waals surface area contributed by atoms with Crippen molar-refractivity contribution in [1.82, 2.24) is 4.98 Å². The third-order valence-electron chi connectivity index (χ3n) is 1.82. The van der Waals surface area contributed by atoms with Gasteiger partial charge in [0, 0.05) is 6.07 Å². The average molecular weight is 311 g/mol. The molecule has 1 aromatic heterocycles. The summed E-state index contributed by atoms with van der Waals surface area (Å²) in [6, 6.07) is 0.812. The molecule has 0 bridgehead atoms. The minimum Gasteiger partial charge on any atom is -0.481 e. The molecule has 0 aliphatic rings. The van der Waals surface area contributed by atoms with Crippen LogP contribution in [0.5, 0.6) is 0 Å². The molecule has 1 N–H and O–H groups in total. The molecule has 0 unspecified atom stereocenters. The van der Waals surface area contributed by atoms with E-state index in [-0.39, 0.29) is 4.60 Å². The number of nitro groups is 1. The second kappa shape index (κ2) is 5.13. The fraction of sp³-hybridized carbons (Fsp3) is 0.250. The van der Waals surface area contributed by atoms with Gasteiger partial charge in [-0.2, -0.15) is 0 Å². The zero-order valence-corrected chi connectivity index (χ0v) is 9.65. The molecule has 1 heterocycles. The zero-order valence-electron chi connectivity index (χ0n) is 8.06. The number of pyridine rings is 1. The Bertz CT molecular complexity index is 481. The van der Waals surface area contributed by atoms with E-state index < -0.39 is 40.7 Å². The topological polar surface area (TPSA) is 93.3 Å². The van der Waals surface area contributed by atoms with Crippen LogP contribution in [0.2, 0.25) is 0 Å². The van der Waals surface area contributed by atoms with E-state index in [2.05, 4.69) is 20.9 Å². The summed E-state index contributed by atoms with van der Waals surface area (Å²) >= 11 is 2.80. The monoisotopic (exact) mass is 310 g/mol. The van der Waals surface area contributed by atoms with Crippen LogP contribution in [0, 0.1) is 10.1 Å². The van der Waals surface area contributed by atoms with E-state index in [0.717, 1.165) is 6.07 Å². The van der Waals surface area contributed by atoms with Gasteiger partial charge in [-0.25, -0.2) is 13.8 Å². The molecule has 0 aromatic carbocycles. The number of hydrogen-bond donors (Lipinski definition) is 1. The Kier molecular flexibility index (Phi) is 4.05. The van der Waals surface area contributed by atoms with Gasteiger partial charge in [0.1, 0.15) is 10.2 Å². The van der Waals surface area contributed by atoms with Crippen LogP contribution in [0.1, 0.15) is 17.7 Å². The first-order valence-corrected chi connectivity index (χ1v) is 4.96. The van der Waals surface area contributed by atoms with Crippen LogP contribution < -0.4 is 0 Å². The van der Waals surface area contributed by atoms with Crippen molar-refractivity contribution in [3.63, 3.8) is 0 Å². The Morgan fingerprint density at radius 2 is 2.24 bits per heavy atom. The van der Waals surface area contributed by atoms with Gasteiger partial charge in [-0.3, -0.25) is 14.9 Å². The highest BCUT2D eigenvalue weighted by Crippen LogP contribution is 2.33. The van der Waals surface area contributed by atoms with E-state index in [1.165, 1.54) is 0 Å². The van der Waals surface area contributed by atoms with Crippen molar-refractivity contribution < 1.29 is 23.6 Å².